The molecule has 2 aromatic carbocycles. The lowest BCUT2D eigenvalue weighted by atomic mass is 10.1. The lowest BCUT2D eigenvalue weighted by Crippen LogP contribution is -2.07. The van der Waals surface area contributed by atoms with Crippen molar-refractivity contribution in [2.24, 2.45) is 0 Å². The Balaban J connectivity index is 2.16. The van der Waals surface area contributed by atoms with E-state index in [2.05, 4.69) is 5.32 Å². The molecule has 0 fully saturated rings. The molecule has 0 bridgehead atoms. The summed E-state index contributed by atoms with van der Waals surface area (Å²) in [6, 6.07) is 15.0. The minimum Gasteiger partial charge on any atom is -0.478 e. The Morgan fingerprint density at radius 2 is 1.78 bits per heavy atom. The molecule has 0 spiro atoms. The van der Waals surface area contributed by atoms with E-state index in [1.807, 2.05) is 43.3 Å². The van der Waals surface area contributed by atoms with Gasteiger partial charge in [0, 0.05) is 12.2 Å². The fourth-order valence-electron chi connectivity index (χ4n) is 1.84. The number of carbonyl (C=O) groups is 1. The number of nitrogens with one attached hydrogen (secondary N) is 1. The normalized spacial score (nSPS) is 10.1. The van der Waals surface area contributed by atoms with Gasteiger partial charge in [-0.1, -0.05) is 36.4 Å². The summed E-state index contributed by atoms with van der Waals surface area (Å²) in [5, 5.41) is 12.4. The average molecular weight is 241 g/mol. The molecule has 0 saturated heterocycles. The molecule has 92 valence electrons. The molecular weight excluding hydrogens is 226 g/mol. The topological polar surface area (TPSA) is 49.3 Å². The molecule has 0 heterocycles. The summed E-state index contributed by atoms with van der Waals surface area (Å²) in [4.78, 5) is 11.1. The van der Waals surface area contributed by atoms with Crippen LogP contribution in [0.25, 0.3) is 0 Å². The van der Waals surface area contributed by atoms with Crippen molar-refractivity contribution >= 4 is 11.7 Å². The second-order valence-electron chi connectivity index (χ2n) is 4.13. The maximum absolute atomic E-state index is 11.1. The van der Waals surface area contributed by atoms with Crippen LogP contribution in [0.2, 0.25) is 0 Å². The van der Waals surface area contributed by atoms with Gasteiger partial charge in [0.25, 0.3) is 0 Å². The van der Waals surface area contributed by atoms with Gasteiger partial charge in [0.2, 0.25) is 0 Å². The van der Waals surface area contributed by atoms with E-state index in [9.17, 15) is 4.79 Å². The first-order valence-electron chi connectivity index (χ1n) is 5.79. The van der Waals surface area contributed by atoms with E-state index in [0.717, 1.165) is 16.8 Å². The van der Waals surface area contributed by atoms with Gasteiger partial charge < -0.3 is 10.4 Å². The quantitative estimate of drug-likeness (QED) is 0.863. The number of hydrogen-bond donors (Lipinski definition) is 2. The van der Waals surface area contributed by atoms with Gasteiger partial charge in [-0.2, -0.15) is 0 Å². The summed E-state index contributed by atoms with van der Waals surface area (Å²) in [6.07, 6.45) is 0. The second-order valence-corrected chi connectivity index (χ2v) is 4.13. The smallest absolute Gasteiger partial charge is 0.336 e. The molecule has 0 saturated carbocycles. The van der Waals surface area contributed by atoms with Gasteiger partial charge in [-0.3, -0.25) is 0 Å². The van der Waals surface area contributed by atoms with Crippen LogP contribution < -0.4 is 5.32 Å². The van der Waals surface area contributed by atoms with Crippen LogP contribution in [0.4, 0.5) is 5.69 Å². The van der Waals surface area contributed by atoms with Crippen LogP contribution in [0.3, 0.4) is 0 Å². The number of benzene rings is 2. The van der Waals surface area contributed by atoms with Gasteiger partial charge in [-0.05, 0) is 30.2 Å². The first kappa shape index (κ1) is 12.2. The van der Waals surface area contributed by atoms with Crippen molar-refractivity contribution in [3.63, 3.8) is 0 Å². The Bertz CT molecular complexity index is 564. The highest BCUT2D eigenvalue weighted by Crippen LogP contribution is 2.16. The van der Waals surface area contributed by atoms with Crippen molar-refractivity contribution in [2.75, 3.05) is 5.32 Å². The van der Waals surface area contributed by atoms with Gasteiger partial charge in [-0.25, -0.2) is 4.79 Å². The van der Waals surface area contributed by atoms with Crippen molar-refractivity contribution in [2.45, 2.75) is 13.5 Å². The third-order valence-corrected chi connectivity index (χ3v) is 2.86. The Labute approximate surface area is 106 Å². The van der Waals surface area contributed by atoms with Crippen LogP contribution in [-0.2, 0) is 6.54 Å². The second kappa shape index (κ2) is 5.36. The van der Waals surface area contributed by atoms with Crippen LogP contribution in [0.1, 0.15) is 21.5 Å². The molecule has 2 aromatic rings. The van der Waals surface area contributed by atoms with Crippen LogP contribution in [0, 0.1) is 6.92 Å². The molecule has 2 N–H and O–H groups in total. The number of rotatable bonds is 4. The SMILES string of the molecule is Cc1ccccc1NCc1ccccc1C(=O)O. The Morgan fingerprint density at radius 3 is 2.50 bits per heavy atom. The molecule has 0 aliphatic heterocycles. The largest absolute Gasteiger partial charge is 0.478 e. The van der Waals surface area contributed by atoms with E-state index in [1.165, 1.54) is 0 Å². The van der Waals surface area contributed by atoms with E-state index >= 15 is 0 Å². The third kappa shape index (κ3) is 2.69. The summed E-state index contributed by atoms with van der Waals surface area (Å²) in [5.41, 5.74) is 3.30. The number of aromatic carboxylic acids is 1. The highest BCUT2D eigenvalue weighted by Gasteiger charge is 2.08. The predicted molar refractivity (Wildman–Crippen MR) is 71.9 cm³/mol. The fourth-order valence-corrected chi connectivity index (χ4v) is 1.84. The van der Waals surface area contributed by atoms with E-state index in [0.29, 0.717) is 12.1 Å². The first-order valence-corrected chi connectivity index (χ1v) is 5.79. The number of para-hydroxylation sites is 1. The highest BCUT2D eigenvalue weighted by atomic mass is 16.4. The van der Waals surface area contributed by atoms with Crippen LogP contribution in [0.15, 0.2) is 48.5 Å². The lowest BCUT2D eigenvalue weighted by molar-refractivity contribution is 0.0696. The van der Waals surface area contributed by atoms with Crippen LogP contribution in [-0.4, -0.2) is 11.1 Å². The number of aryl methyl sites for hydroxylation is 1. The van der Waals surface area contributed by atoms with Gasteiger partial charge in [-0.15, -0.1) is 0 Å². The van der Waals surface area contributed by atoms with Crippen molar-refractivity contribution in [3.8, 4) is 0 Å². The van der Waals surface area contributed by atoms with Crippen molar-refractivity contribution in [1.29, 1.82) is 0 Å². The van der Waals surface area contributed by atoms with Crippen molar-refractivity contribution < 1.29 is 9.90 Å². The molecule has 0 amide bonds. The average Bonchev–Trinajstić information content (AvgIpc) is 2.38. The van der Waals surface area contributed by atoms with E-state index in [1.54, 1.807) is 12.1 Å². The molecular formula is C15H15NO2. The van der Waals surface area contributed by atoms with Crippen LogP contribution in [0.5, 0.6) is 0 Å². The summed E-state index contributed by atoms with van der Waals surface area (Å²) >= 11 is 0. The molecule has 0 unspecified atom stereocenters. The van der Waals surface area contributed by atoms with Gasteiger partial charge in [0.1, 0.15) is 0 Å². The van der Waals surface area contributed by atoms with Crippen molar-refractivity contribution in [3.05, 3.63) is 65.2 Å². The lowest BCUT2D eigenvalue weighted by Gasteiger charge is -2.11. The Kier molecular flexibility index (Phi) is 3.63. The zero-order chi connectivity index (χ0) is 13.0. The molecule has 3 heteroatoms. The molecule has 0 aliphatic carbocycles. The van der Waals surface area contributed by atoms with Crippen LogP contribution >= 0.6 is 0 Å². The summed E-state index contributed by atoms with van der Waals surface area (Å²) in [6.45, 7) is 2.53. The Morgan fingerprint density at radius 1 is 1.11 bits per heavy atom. The number of hydrogen-bond acceptors (Lipinski definition) is 2. The first-order chi connectivity index (χ1) is 8.68. The maximum atomic E-state index is 11.1. The third-order valence-electron chi connectivity index (χ3n) is 2.86. The number of anilines is 1. The minimum atomic E-state index is -0.891. The van der Waals surface area contributed by atoms with Gasteiger partial charge >= 0.3 is 5.97 Å². The molecule has 0 atom stereocenters. The fraction of sp³-hybridized carbons (Fsp3) is 0.133. The zero-order valence-electron chi connectivity index (χ0n) is 10.2. The standard InChI is InChI=1S/C15H15NO2/c1-11-6-2-5-9-14(11)16-10-12-7-3-4-8-13(12)15(17)18/h2-9,16H,10H2,1H3,(H,17,18). The summed E-state index contributed by atoms with van der Waals surface area (Å²) in [7, 11) is 0. The highest BCUT2D eigenvalue weighted by molar-refractivity contribution is 5.89. The van der Waals surface area contributed by atoms with E-state index in [-0.39, 0.29) is 0 Å². The summed E-state index contributed by atoms with van der Waals surface area (Å²) in [5.74, 6) is -0.891. The van der Waals surface area contributed by atoms with Gasteiger partial charge in [0.05, 0.1) is 5.56 Å². The Hall–Kier alpha value is -2.29. The summed E-state index contributed by atoms with van der Waals surface area (Å²) < 4.78 is 0. The molecule has 0 aliphatic rings. The molecule has 18 heavy (non-hydrogen) atoms. The van der Waals surface area contributed by atoms with Gasteiger partial charge in [0.15, 0.2) is 0 Å². The monoisotopic (exact) mass is 241 g/mol. The van der Waals surface area contributed by atoms with Crippen molar-refractivity contribution in [1.82, 2.24) is 0 Å². The number of carboxylic acid groups (broad SMARTS) is 1. The van der Waals surface area contributed by atoms with E-state index in [4.69, 9.17) is 5.11 Å². The zero-order valence-corrected chi connectivity index (χ0v) is 10.2. The van der Waals surface area contributed by atoms with E-state index < -0.39 is 5.97 Å². The predicted octanol–water partition coefficient (Wildman–Crippen LogP) is 3.31. The molecule has 0 radical (unpaired) electrons. The maximum Gasteiger partial charge on any atom is 0.336 e. The molecule has 3 nitrogen and oxygen atoms in total. The minimum absolute atomic E-state index is 0.346. The molecule has 0 aromatic heterocycles. The number of carboxylic acids is 1. The molecule has 2 rings (SSSR count).